The van der Waals surface area contributed by atoms with Gasteiger partial charge in [0.25, 0.3) is 5.89 Å². The molecule has 0 saturated carbocycles. The topological polar surface area (TPSA) is 87.1 Å². The highest BCUT2D eigenvalue weighted by Gasteiger charge is 2.13. The molecule has 3 rings (SSSR count). The standard InChI is InChI=1S/C14H11FN4O2/c1-20-12-6-8(2-4-10(12)15)13-18-14(21-19-13)11-5-3-9(16)7-17-11/h2-7H,16H2,1H3. The fraction of sp³-hybridized carbons (Fsp3) is 0.0714. The number of nitrogen functional groups attached to an aromatic ring is 1. The maximum absolute atomic E-state index is 13.4. The fourth-order valence-corrected chi connectivity index (χ4v) is 1.78. The highest BCUT2D eigenvalue weighted by molar-refractivity contribution is 5.60. The average Bonchev–Trinajstić information content (AvgIpc) is 2.98. The summed E-state index contributed by atoms with van der Waals surface area (Å²) in [6, 6.07) is 7.69. The number of rotatable bonds is 3. The Morgan fingerprint density at radius 2 is 2.10 bits per heavy atom. The molecule has 106 valence electrons. The second-order valence-corrected chi connectivity index (χ2v) is 4.25. The van der Waals surface area contributed by atoms with Gasteiger partial charge in [0.05, 0.1) is 19.0 Å². The number of aromatic nitrogens is 3. The molecular weight excluding hydrogens is 275 g/mol. The van der Waals surface area contributed by atoms with Crippen LogP contribution in [0.1, 0.15) is 0 Å². The first kappa shape index (κ1) is 13.0. The van der Waals surface area contributed by atoms with Gasteiger partial charge in [-0.2, -0.15) is 4.98 Å². The van der Waals surface area contributed by atoms with Gasteiger partial charge >= 0.3 is 0 Å². The summed E-state index contributed by atoms with van der Waals surface area (Å²) in [6.45, 7) is 0. The van der Waals surface area contributed by atoms with Gasteiger partial charge in [0.1, 0.15) is 5.69 Å². The molecule has 0 amide bonds. The molecular formula is C14H11FN4O2. The third-order valence-corrected chi connectivity index (χ3v) is 2.84. The summed E-state index contributed by atoms with van der Waals surface area (Å²) in [7, 11) is 1.39. The summed E-state index contributed by atoms with van der Waals surface area (Å²) in [5.41, 5.74) is 7.21. The number of ether oxygens (including phenoxy) is 1. The van der Waals surface area contributed by atoms with Crippen LogP contribution in [-0.4, -0.2) is 22.2 Å². The van der Waals surface area contributed by atoms with Crippen molar-refractivity contribution >= 4 is 5.69 Å². The summed E-state index contributed by atoms with van der Waals surface area (Å²) in [4.78, 5) is 8.32. The fourth-order valence-electron chi connectivity index (χ4n) is 1.78. The molecule has 0 saturated heterocycles. The smallest absolute Gasteiger partial charge is 0.276 e. The first-order valence-corrected chi connectivity index (χ1v) is 6.07. The molecule has 0 radical (unpaired) electrons. The van der Waals surface area contributed by atoms with Crippen molar-refractivity contribution in [2.24, 2.45) is 0 Å². The summed E-state index contributed by atoms with van der Waals surface area (Å²) in [6.07, 6.45) is 1.50. The van der Waals surface area contributed by atoms with Crippen molar-refractivity contribution in [2.75, 3.05) is 12.8 Å². The summed E-state index contributed by atoms with van der Waals surface area (Å²) in [5.74, 6) is 0.241. The molecule has 21 heavy (non-hydrogen) atoms. The first-order valence-electron chi connectivity index (χ1n) is 6.07. The quantitative estimate of drug-likeness (QED) is 0.796. The number of hydrogen-bond donors (Lipinski definition) is 1. The van der Waals surface area contributed by atoms with Crippen LogP contribution < -0.4 is 10.5 Å². The second-order valence-electron chi connectivity index (χ2n) is 4.25. The molecule has 2 aromatic heterocycles. The number of methoxy groups -OCH3 is 1. The van der Waals surface area contributed by atoms with Crippen molar-refractivity contribution in [2.45, 2.75) is 0 Å². The number of nitrogens with two attached hydrogens (primary N) is 1. The summed E-state index contributed by atoms with van der Waals surface area (Å²) < 4.78 is 23.5. The Morgan fingerprint density at radius 1 is 1.24 bits per heavy atom. The molecule has 0 aliphatic rings. The lowest BCUT2D eigenvalue weighted by Crippen LogP contribution is -1.90. The molecule has 0 fully saturated rings. The van der Waals surface area contributed by atoms with Crippen LogP contribution in [0.3, 0.4) is 0 Å². The third kappa shape index (κ3) is 2.53. The van der Waals surface area contributed by atoms with E-state index in [1.807, 2.05) is 0 Å². The van der Waals surface area contributed by atoms with Crippen molar-refractivity contribution in [1.29, 1.82) is 0 Å². The van der Waals surface area contributed by atoms with Crippen LogP contribution in [0.15, 0.2) is 41.1 Å². The van der Waals surface area contributed by atoms with Crippen LogP contribution in [-0.2, 0) is 0 Å². The van der Waals surface area contributed by atoms with Gasteiger partial charge in [-0.1, -0.05) is 5.16 Å². The normalized spacial score (nSPS) is 10.6. The molecule has 0 aliphatic carbocycles. The highest BCUT2D eigenvalue weighted by atomic mass is 19.1. The van der Waals surface area contributed by atoms with Crippen molar-refractivity contribution in [3.8, 4) is 28.7 Å². The molecule has 6 nitrogen and oxygen atoms in total. The van der Waals surface area contributed by atoms with Crippen LogP contribution in [0.4, 0.5) is 10.1 Å². The van der Waals surface area contributed by atoms with E-state index in [-0.39, 0.29) is 11.6 Å². The number of halogens is 1. The molecule has 0 unspecified atom stereocenters. The minimum Gasteiger partial charge on any atom is -0.494 e. The number of pyridine rings is 1. The van der Waals surface area contributed by atoms with Crippen molar-refractivity contribution in [3.63, 3.8) is 0 Å². The van der Waals surface area contributed by atoms with Crippen LogP contribution in [0.25, 0.3) is 23.0 Å². The Balaban J connectivity index is 1.96. The van der Waals surface area contributed by atoms with Crippen molar-refractivity contribution in [3.05, 3.63) is 42.3 Å². The molecule has 3 aromatic rings. The third-order valence-electron chi connectivity index (χ3n) is 2.84. The Labute approximate surface area is 119 Å². The molecule has 2 N–H and O–H groups in total. The van der Waals surface area contributed by atoms with Gasteiger partial charge in [-0.15, -0.1) is 0 Å². The van der Waals surface area contributed by atoms with Gasteiger partial charge in [0.2, 0.25) is 5.82 Å². The van der Waals surface area contributed by atoms with Gasteiger partial charge in [0.15, 0.2) is 11.6 Å². The maximum Gasteiger partial charge on any atom is 0.276 e. The van der Waals surface area contributed by atoms with Crippen LogP contribution in [0.5, 0.6) is 5.75 Å². The van der Waals surface area contributed by atoms with E-state index in [1.54, 1.807) is 18.2 Å². The average molecular weight is 286 g/mol. The van der Waals surface area contributed by atoms with E-state index < -0.39 is 5.82 Å². The molecule has 0 aliphatic heterocycles. The largest absolute Gasteiger partial charge is 0.494 e. The zero-order valence-electron chi connectivity index (χ0n) is 11.1. The van der Waals surface area contributed by atoms with Crippen molar-refractivity contribution < 1.29 is 13.7 Å². The molecule has 1 aromatic carbocycles. The maximum atomic E-state index is 13.4. The first-order chi connectivity index (χ1) is 10.2. The van der Waals surface area contributed by atoms with Gasteiger partial charge in [0, 0.05) is 5.56 Å². The Bertz CT molecular complexity index is 771. The van der Waals surface area contributed by atoms with E-state index in [9.17, 15) is 4.39 Å². The molecule has 7 heteroatoms. The molecule has 0 bridgehead atoms. The number of nitrogens with zero attached hydrogens (tertiary/aromatic N) is 3. The molecule has 2 heterocycles. The van der Waals surface area contributed by atoms with E-state index in [4.69, 9.17) is 15.0 Å². The van der Waals surface area contributed by atoms with Crippen LogP contribution in [0, 0.1) is 5.82 Å². The van der Waals surface area contributed by atoms with Gasteiger partial charge < -0.3 is 15.0 Å². The number of benzene rings is 1. The van der Waals surface area contributed by atoms with Crippen molar-refractivity contribution in [1.82, 2.24) is 15.1 Å². The lowest BCUT2D eigenvalue weighted by atomic mass is 10.2. The van der Waals surface area contributed by atoms with E-state index in [0.717, 1.165) is 0 Å². The lowest BCUT2D eigenvalue weighted by Gasteiger charge is -2.02. The number of anilines is 1. The Morgan fingerprint density at radius 3 is 2.81 bits per heavy atom. The summed E-state index contributed by atoms with van der Waals surface area (Å²) >= 11 is 0. The minimum absolute atomic E-state index is 0.115. The van der Waals surface area contributed by atoms with E-state index in [1.165, 1.54) is 25.4 Å². The zero-order chi connectivity index (χ0) is 14.8. The minimum atomic E-state index is -0.454. The zero-order valence-corrected chi connectivity index (χ0v) is 11.1. The van der Waals surface area contributed by atoms with Gasteiger partial charge in [-0.05, 0) is 30.3 Å². The monoisotopic (exact) mass is 286 g/mol. The van der Waals surface area contributed by atoms with E-state index in [2.05, 4.69) is 15.1 Å². The lowest BCUT2D eigenvalue weighted by molar-refractivity contribution is 0.386. The Hall–Kier alpha value is -2.96. The Kier molecular flexibility index (Phi) is 3.23. The van der Waals surface area contributed by atoms with Gasteiger partial charge in [-0.25, -0.2) is 9.37 Å². The molecule has 0 spiro atoms. The predicted octanol–water partition coefficient (Wildman–Crippen LogP) is 2.53. The predicted molar refractivity (Wildman–Crippen MR) is 73.9 cm³/mol. The summed E-state index contributed by atoms with van der Waals surface area (Å²) in [5, 5.41) is 3.85. The highest BCUT2D eigenvalue weighted by Crippen LogP contribution is 2.26. The SMILES string of the molecule is COc1cc(-c2noc(-c3ccc(N)cn3)n2)ccc1F. The van der Waals surface area contributed by atoms with Crippen LogP contribution >= 0.6 is 0 Å². The van der Waals surface area contributed by atoms with Gasteiger partial charge in [-0.3, -0.25) is 0 Å². The van der Waals surface area contributed by atoms with E-state index in [0.29, 0.717) is 22.8 Å². The van der Waals surface area contributed by atoms with E-state index >= 15 is 0 Å². The second kappa shape index (κ2) is 5.20. The number of hydrogen-bond acceptors (Lipinski definition) is 6. The van der Waals surface area contributed by atoms with Crippen LogP contribution in [0.2, 0.25) is 0 Å². The molecule has 0 atom stereocenters.